The number of nitrogens with one attached hydrogen (secondary N) is 2. The molecule has 28 heavy (non-hydrogen) atoms. The first-order chi connectivity index (χ1) is 13.6. The fourth-order valence-corrected chi connectivity index (χ4v) is 3.08. The van der Waals surface area contributed by atoms with E-state index in [1.165, 1.54) is 6.08 Å². The summed E-state index contributed by atoms with van der Waals surface area (Å²) in [5.41, 5.74) is 0.909. The molecule has 2 rings (SSSR count). The molecule has 0 saturated heterocycles. The van der Waals surface area contributed by atoms with Gasteiger partial charge in [0.25, 0.3) is 0 Å². The highest BCUT2D eigenvalue weighted by Gasteiger charge is 2.32. The molecule has 1 saturated carbocycles. The molecule has 0 spiro atoms. The second-order valence-corrected chi connectivity index (χ2v) is 6.53. The van der Waals surface area contributed by atoms with Crippen LogP contribution in [0.5, 0.6) is 0 Å². The Bertz CT molecular complexity index is 624. The number of benzene rings is 1. The third kappa shape index (κ3) is 7.98. The molecule has 1 aliphatic rings. The summed E-state index contributed by atoms with van der Waals surface area (Å²) in [5, 5.41) is 5.65. The van der Waals surface area contributed by atoms with Crippen molar-refractivity contribution in [3.8, 4) is 0 Å². The Kier molecular flexibility index (Phi) is 9.30. The van der Waals surface area contributed by atoms with Gasteiger partial charge in [-0.1, -0.05) is 43.0 Å². The molecule has 0 unspecified atom stereocenters. The number of methoxy groups -OCH3 is 1. The summed E-state index contributed by atoms with van der Waals surface area (Å²) in [6.07, 6.45) is 2.05. The molecular weight excluding hydrogens is 364 g/mol. The van der Waals surface area contributed by atoms with Gasteiger partial charge in [-0.2, -0.15) is 0 Å². The lowest BCUT2D eigenvalue weighted by molar-refractivity contribution is -0.0882. The van der Waals surface area contributed by atoms with Crippen molar-refractivity contribution in [1.82, 2.24) is 10.6 Å². The zero-order valence-electron chi connectivity index (χ0n) is 16.1. The van der Waals surface area contributed by atoms with Crippen LogP contribution in [0.2, 0.25) is 0 Å². The first kappa shape index (κ1) is 21.7. The van der Waals surface area contributed by atoms with Crippen LogP contribution in [0.15, 0.2) is 43.0 Å². The van der Waals surface area contributed by atoms with Crippen LogP contribution in [0.3, 0.4) is 0 Å². The molecule has 1 aromatic rings. The van der Waals surface area contributed by atoms with Crippen molar-refractivity contribution in [2.45, 2.75) is 44.1 Å². The topological polar surface area (TPSA) is 95.1 Å². The average Bonchev–Trinajstić information content (AvgIpc) is 2.70. The summed E-state index contributed by atoms with van der Waals surface area (Å²) < 4.78 is 20.9. The van der Waals surface area contributed by atoms with Crippen LogP contribution >= 0.6 is 0 Å². The molecule has 2 amide bonds. The number of rotatable bonds is 9. The van der Waals surface area contributed by atoms with Gasteiger partial charge in [0, 0.05) is 19.2 Å². The van der Waals surface area contributed by atoms with Crippen LogP contribution in [-0.2, 0) is 25.6 Å². The number of carbonyl (C=O) groups is 2. The Morgan fingerprint density at radius 2 is 1.71 bits per heavy atom. The number of amides is 2. The van der Waals surface area contributed by atoms with Crippen LogP contribution in [0.1, 0.15) is 24.8 Å². The van der Waals surface area contributed by atoms with Gasteiger partial charge in [-0.15, -0.1) is 0 Å². The maximum Gasteiger partial charge on any atom is 0.407 e. The Labute approximate surface area is 165 Å². The van der Waals surface area contributed by atoms with Gasteiger partial charge < -0.3 is 29.6 Å². The highest BCUT2D eigenvalue weighted by Crippen LogP contribution is 2.22. The predicted octanol–water partition coefficient (Wildman–Crippen LogP) is 2.74. The zero-order valence-corrected chi connectivity index (χ0v) is 16.1. The van der Waals surface area contributed by atoms with E-state index in [4.69, 9.17) is 18.9 Å². The molecule has 0 radical (unpaired) electrons. The number of hydrogen-bond donors (Lipinski definition) is 2. The van der Waals surface area contributed by atoms with E-state index in [1.54, 1.807) is 7.11 Å². The molecule has 0 aliphatic heterocycles. The van der Waals surface area contributed by atoms with Crippen LogP contribution < -0.4 is 10.6 Å². The zero-order chi connectivity index (χ0) is 20.2. The molecular formula is C20H28N2O6. The summed E-state index contributed by atoms with van der Waals surface area (Å²) in [5.74, 6) is 0. The lowest BCUT2D eigenvalue weighted by Gasteiger charge is -2.35. The average molecular weight is 392 g/mol. The van der Waals surface area contributed by atoms with Crippen molar-refractivity contribution < 1.29 is 28.5 Å². The van der Waals surface area contributed by atoms with E-state index in [1.807, 2.05) is 30.3 Å². The number of hydrogen-bond acceptors (Lipinski definition) is 6. The van der Waals surface area contributed by atoms with Crippen molar-refractivity contribution in [3.05, 3.63) is 48.6 Å². The summed E-state index contributed by atoms with van der Waals surface area (Å²) in [6, 6.07) is 9.04. The molecule has 0 aromatic heterocycles. The van der Waals surface area contributed by atoms with Crippen molar-refractivity contribution in [2.24, 2.45) is 0 Å². The molecule has 8 heteroatoms. The standard InChI is InChI=1S/C20H28N2O6/c1-3-9-26-19(23)21-16-10-17(12-18(11-16)28-14-25-2)22-20(24)27-13-15-7-5-4-6-8-15/h3-8,16-18H,1,9-14H2,2H3,(H,21,23)(H,22,24)/t16-,17+,18-/m0/s1. The Morgan fingerprint density at radius 3 is 2.32 bits per heavy atom. The third-order valence-corrected chi connectivity index (χ3v) is 4.27. The van der Waals surface area contributed by atoms with E-state index in [0.717, 1.165) is 5.56 Å². The van der Waals surface area contributed by atoms with Gasteiger partial charge in [0.2, 0.25) is 0 Å². The second kappa shape index (κ2) is 12.0. The maximum atomic E-state index is 12.2. The highest BCUT2D eigenvalue weighted by molar-refractivity contribution is 5.68. The van der Waals surface area contributed by atoms with Crippen molar-refractivity contribution in [3.63, 3.8) is 0 Å². The molecule has 0 bridgehead atoms. The first-order valence-corrected chi connectivity index (χ1v) is 9.22. The van der Waals surface area contributed by atoms with Gasteiger partial charge in [-0.05, 0) is 24.8 Å². The molecule has 8 nitrogen and oxygen atoms in total. The van der Waals surface area contributed by atoms with E-state index < -0.39 is 12.2 Å². The summed E-state index contributed by atoms with van der Waals surface area (Å²) >= 11 is 0. The normalized spacial score (nSPS) is 21.4. The van der Waals surface area contributed by atoms with E-state index in [2.05, 4.69) is 17.2 Å². The molecule has 154 valence electrons. The van der Waals surface area contributed by atoms with Gasteiger partial charge in [0.05, 0.1) is 6.10 Å². The van der Waals surface area contributed by atoms with Gasteiger partial charge in [0.15, 0.2) is 0 Å². The summed E-state index contributed by atoms with van der Waals surface area (Å²) in [4.78, 5) is 24.0. The smallest absolute Gasteiger partial charge is 0.407 e. The number of alkyl carbamates (subject to hydrolysis) is 2. The van der Waals surface area contributed by atoms with Gasteiger partial charge in [0.1, 0.15) is 20.0 Å². The minimum Gasteiger partial charge on any atom is -0.445 e. The molecule has 0 heterocycles. The molecule has 1 aromatic carbocycles. The van der Waals surface area contributed by atoms with Crippen molar-refractivity contribution in [1.29, 1.82) is 0 Å². The van der Waals surface area contributed by atoms with Crippen LogP contribution in [-0.4, -0.2) is 50.9 Å². The second-order valence-electron chi connectivity index (χ2n) is 6.53. The van der Waals surface area contributed by atoms with Gasteiger partial charge in [-0.25, -0.2) is 9.59 Å². The Morgan fingerprint density at radius 1 is 1.07 bits per heavy atom. The summed E-state index contributed by atoms with van der Waals surface area (Å²) in [6.45, 7) is 3.98. The largest absolute Gasteiger partial charge is 0.445 e. The molecule has 3 atom stereocenters. The number of carbonyl (C=O) groups excluding carboxylic acids is 2. The predicted molar refractivity (Wildman–Crippen MR) is 103 cm³/mol. The Hall–Kier alpha value is -2.58. The highest BCUT2D eigenvalue weighted by atomic mass is 16.7. The quantitative estimate of drug-likeness (QED) is 0.496. The summed E-state index contributed by atoms with van der Waals surface area (Å²) in [7, 11) is 1.54. The van der Waals surface area contributed by atoms with Crippen molar-refractivity contribution in [2.75, 3.05) is 20.5 Å². The Balaban J connectivity index is 1.86. The maximum absolute atomic E-state index is 12.2. The van der Waals surface area contributed by atoms with E-state index in [9.17, 15) is 9.59 Å². The van der Waals surface area contributed by atoms with E-state index >= 15 is 0 Å². The molecule has 1 aliphatic carbocycles. The lowest BCUT2D eigenvalue weighted by atomic mass is 9.88. The minimum absolute atomic E-state index is 0.135. The third-order valence-electron chi connectivity index (χ3n) is 4.27. The van der Waals surface area contributed by atoms with Crippen LogP contribution in [0.25, 0.3) is 0 Å². The van der Waals surface area contributed by atoms with Crippen molar-refractivity contribution >= 4 is 12.2 Å². The SMILES string of the molecule is C=CCOC(=O)N[C@H]1C[C@@H](NC(=O)OCc2ccccc2)C[C@@H](OCOC)C1. The monoisotopic (exact) mass is 392 g/mol. The molecule has 1 fully saturated rings. The van der Waals surface area contributed by atoms with E-state index in [0.29, 0.717) is 19.3 Å². The van der Waals surface area contributed by atoms with Gasteiger partial charge >= 0.3 is 12.2 Å². The number of ether oxygens (including phenoxy) is 4. The van der Waals surface area contributed by atoms with E-state index in [-0.39, 0.29) is 38.2 Å². The van der Waals surface area contributed by atoms with Crippen LogP contribution in [0.4, 0.5) is 9.59 Å². The first-order valence-electron chi connectivity index (χ1n) is 9.22. The van der Waals surface area contributed by atoms with Gasteiger partial charge in [-0.3, -0.25) is 0 Å². The fourth-order valence-electron chi connectivity index (χ4n) is 3.08. The molecule has 2 N–H and O–H groups in total. The lowest BCUT2D eigenvalue weighted by Crippen LogP contribution is -2.50. The minimum atomic E-state index is -0.525. The fraction of sp³-hybridized carbons (Fsp3) is 0.500. The van der Waals surface area contributed by atoms with Crippen LogP contribution in [0, 0.1) is 0 Å².